The monoisotopic (exact) mass is 339 g/mol. The summed E-state index contributed by atoms with van der Waals surface area (Å²) in [7, 11) is 0. The van der Waals surface area contributed by atoms with Crippen LogP contribution in [0.15, 0.2) is 40.2 Å². The molecule has 0 atom stereocenters. The van der Waals surface area contributed by atoms with E-state index < -0.39 is 0 Å². The maximum Gasteiger partial charge on any atom is 0.122 e. The number of thiophene rings is 1. The molecular formula is C15H18BrNOS. The summed E-state index contributed by atoms with van der Waals surface area (Å²) in [6.45, 7) is 5.76. The Balaban J connectivity index is 1.99. The van der Waals surface area contributed by atoms with Crippen LogP contribution in [0.1, 0.15) is 24.3 Å². The third kappa shape index (κ3) is 4.64. The number of hydrogen-bond acceptors (Lipinski definition) is 3. The third-order valence-electron chi connectivity index (χ3n) is 2.68. The fourth-order valence-electron chi connectivity index (χ4n) is 1.64. The lowest BCUT2D eigenvalue weighted by molar-refractivity contribution is 0.309. The third-order valence-corrected chi connectivity index (χ3v) is 4.30. The van der Waals surface area contributed by atoms with Gasteiger partial charge in [0.1, 0.15) is 12.4 Å². The molecule has 0 unspecified atom stereocenters. The Bertz CT molecular complexity index is 511. The van der Waals surface area contributed by atoms with E-state index in [4.69, 9.17) is 4.74 Å². The van der Waals surface area contributed by atoms with Crippen molar-refractivity contribution in [3.63, 3.8) is 0 Å². The number of rotatable bonds is 6. The summed E-state index contributed by atoms with van der Waals surface area (Å²) >= 11 is 5.29. The number of ether oxygens (including phenoxy) is 1. The quantitative estimate of drug-likeness (QED) is 0.831. The van der Waals surface area contributed by atoms with Gasteiger partial charge in [-0.15, -0.1) is 11.3 Å². The van der Waals surface area contributed by atoms with Gasteiger partial charge in [0.25, 0.3) is 0 Å². The zero-order chi connectivity index (χ0) is 13.7. The molecule has 0 saturated carbocycles. The van der Waals surface area contributed by atoms with E-state index in [0.717, 1.165) is 16.8 Å². The predicted molar refractivity (Wildman–Crippen MR) is 84.8 cm³/mol. The van der Waals surface area contributed by atoms with E-state index in [2.05, 4.69) is 52.6 Å². The SMILES string of the molecule is CC(C)NCc1cc(OCc2cccs2)ccc1Br. The van der Waals surface area contributed by atoms with Gasteiger partial charge in [0.05, 0.1) is 0 Å². The van der Waals surface area contributed by atoms with Gasteiger partial charge in [-0.05, 0) is 35.2 Å². The lowest BCUT2D eigenvalue weighted by atomic mass is 10.2. The minimum absolute atomic E-state index is 0.475. The van der Waals surface area contributed by atoms with Crippen LogP contribution in [0.2, 0.25) is 0 Å². The molecule has 102 valence electrons. The molecule has 0 fully saturated rings. The minimum Gasteiger partial charge on any atom is -0.488 e. The van der Waals surface area contributed by atoms with Gasteiger partial charge in [-0.1, -0.05) is 35.8 Å². The Morgan fingerprint density at radius 1 is 1.32 bits per heavy atom. The molecule has 1 aromatic heterocycles. The van der Waals surface area contributed by atoms with Crippen molar-refractivity contribution in [1.82, 2.24) is 5.32 Å². The zero-order valence-corrected chi connectivity index (χ0v) is 13.6. The average Bonchev–Trinajstić information content (AvgIpc) is 2.89. The second-order valence-electron chi connectivity index (χ2n) is 4.66. The second-order valence-corrected chi connectivity index (χ2v) is 6.54. The maximum absolute atomic E-state index is 5.81. The van der Waals surface area contributed by atoms with Crippen molar-refractivity contribution in [2.24, 2.45) is 0 Å². The first-order chi connectivity index (χ1) is 9.15. The van der Waals surface area contributed by atoms with Gasteiger partial charge in [-0.25, -0.2) is 0 Å². The van der Waals surface area contributed by atoms with Crippen molar-refractivity contribution in [2.45, 2.75) is 33.0 Å². The van der Waals surface area contributed by atoms with E-state index in [-0.39, 0.29) is 0 Å². The summed E-state index contributed by atoms with van der Waals surface area (Å²) in [6.07, 6.45) is 0. The van der Waals surface area contributed by atoms with Crippen molar-refractivity contribution in [2.75, 3.05) is 0 Å². The summed E-state index contributed by atoms with van der Waals surface area (Å²) in [5.41, 5.74) is 1.22. The van der Waals surface area contributed by atoms with Crippen molar-refractivity contribution in [1.29, 1.82) is 0 Å². The van der Waals surface area contributed by atoms with E-state index in [1.807, 2.05) is 18.2 Å². The highest BCUT2D eigenvalue weighted by molar-refractivity contribution is 9.10. The Morgan fingerprint density at radius 2 is 2.16 bits per heavy atom. The van der Waals surface area contributed by atoms with Gasteiger partial charge >= 0.3 is 0 Å². The van der Waals surface area contributed by atoms with Crippen LogP contribution in [0.3, 0.4) is 0 Å². The van der Waals surface area contributed by atoms with Gasteiger partial charge in [-0.2, -0.15) is 0 Å². The van der Waals surface area contributed by atoms with Gasteiger partial charge < -0.3 is 10.1 Å². The Morgan fingerprint density at radius 3 is 2.84 bits per heavy atom. The van der Waals surface area contributed by atoms with Crippen LogP contribution in [0, 0.1) is 0 Å². The lowest BCUT2D eigenvalue weighted by Crippen LogP contribution is -2.22. The highest BCUT2D eigenvalue weighted by atomic mass is 79.9. The standard InChI is InChI=1S/C15H18BrNOS/c1-11(2)17-9-12-8-13(5-6-15(12)16)18-10-14-4-3-7-19-14/h3-8,11,17H,9-10H2,1-2H3. The highest BCUT2D eigenvalue weighted by Crippen LogP contribution is 2.24. The molecule has 2 nitrogen and oxygen atoms in total. The second kappa shape index (κ2) is 7.08. The molecule has 0 aliphatic rings. The molecule has 1 heterocycles. The summed E-state index contributed by atoms with van der Waals surface area (Å²) in [5.74, 6) is 0.914. The van der Waals surface area contributed by atoms with E-state index in [1.54, 1.807) is 11.3 Å². The fourth-order valence-corrected chi connectivity index (χ4v) is 2.64. The average molecular weight is 340 g/mol. The van der Waals surface area contributed by atoms with E-state index in [1.165, 1.54) is 10.4 Å². The predicted octanol–water partition coefficient (Wildman–Crippen LogP) is 4.59. The molecular weight excluding hydrogens is 322 g/mol. The highest BCUT2D eigenvalue weighted by Gasteiger charge is 2.04. The van der Waals surface area contributed by atoms with Crippen LogP contribution in [0.5, 0.6) is 5.75 Å². The molecule has 0 saturated heterocycles. The minimum atomic E-state index is 0.475. The number of nitrogens with one attached hydrogen (secondary N) is 1. The van der Waals surface area contributed by atoms with Crippen molar-refractivity contribution in [3.05, 3.63) is 50.6 Å². The lowest BCUT2D eigenvalue weighted by Gasteiger charge is -2.12. The Kier molecular flexibility index (Phi) is 5.43. The van der Waals surface area contributed by atoms with Crippen LogP contribution < -0.4 is 10.1 Å². The van der Waals surface area contributed by atoms with Gasteiger partial charge in [0.15, 0.2) is 0 Å². The first-order valence-corrected chi connectivity index (χ1v) is 7.99. The van der Waals surface area contributed by atoms with Crippen LogP contribution >= 0.6 is 27.3 Å². The molecule has 0 bridgehead atoms. The van der Waals surface area contributed by atoms with Gasteiger partial charge in [0, 0.05) is 21.9 Å². The van der Waals surface area contributed by atoms with Gasteiger partial charge in [-0.3, -0.25) is 0 Å². The van der Waals surface area contributed by atoms with Gasteiger partial charge in [0.2, 0.25) is 0 Å². The molecule has 4 heteroatoms. The molecule has 0 radical (unpaired) electrons. The molecule has 0 spiro atoms. The number of hydrogen-bond donors (Lipinski definition) is 1. The summed E-state index contributed by atoms with van der Waals surface area (Å²) in [5, 5.41) is 5.48. The fraction of sp³-hybridized carbons (Fsp3) is 0.333. The molecule has 19 heavy (non-hydrogen) atoms. The summed E-state index contributed by atoms with van der Waals surface area (Å²) in [6, 6.07) is 10.7. The van der Waals surface area contributed by atoms with E-state index in [9.17, 15) is 0 Å². The molecule has 1 N–H and O–H groups in total. The molecule has 2 aromatic rings. The van der Waals surface area contributed by atoms with Crippen LogP contribution in [-0.4, -0.2) is 6.04 Å². The first kappa shape index (κ1) is 14.6. The van der Waals surface area contributed by atoms with Crippen LogP contribution in [0.4, 0.5) is 0 Å². The number of halogens is 1. The summed E-state index contributed by atoms with van der Waals surface area (Å²) < 4.78 is 6.93. The Labute approximate surface area is 126 Å². The van der Waals surface area contributed by atoms with Crippen molar-refractivity contribution >= 4 is 27.3 Å². The first-order valence-electron chi connectivity index (χ1n) is 6.32. The normalized spacial score (nSPS) is 10.9. The summed E-state index contributed by atoms with van der Waals surface area (Å²) in [4.78, 5) is 1.24. The molecule has 2 rings (SSSR count). The maximum atomic E-state index is 5.81. The Hall–Kier alpha value is -0.840. The number of benzene rings is 1. The topological polar surface area (TPSA) is 21.3 Å². The molecule has 0 aliphatic carbocycles. The van der Waals surface area contributed by atoms with Crippen molar-refractivity contribution in [3.8, 4) is 5.75 Å². The zero-order valence-electron chi connectivity index (χ0n) is 11.2. The van der Waals surface area contributed by atoms with E-state index in [0.29, 0.717) is 12.6 Å². The molecule has 0 aliphatic heterocycles. The van der Waals surface area contributed by atoms with Crippen molar-refractivity contribution < 1.29 is 4.74 Å². The molecule has 0 amide bonds. The van der Waals surface area contributed by atoms with Crippen LogP contribution in [0.25, 0.3) is 0 Å². The molecule has 1 aromatic carbocycles. The van der Waals surface area contributed by atoms with Crippen LogP contribution in [-0.2, 0) is 13.2 Å². The largest absolute Gasteiger partial charge is 0.488 e. The smallest absolute Gasteiger partial charge is 0.122 e. The van der Waals surface area contributed by atoms with E-state index >= 15 is 0 Å².